The van der Waals surface area contributed by atoms with Gasteiger partial charge in [-0.3, -0.25) is 0 Å². The summed E-state index contributed by atoms with van der Waals surface area (Å²) in [6, 6.07) is 3.54. The van der Waals surface area contributed by atoms with Crippen LogP contribution in [0.2, 0.25) is 0 Å². The molecule has 1 aromatic heterocycles. The molecule has 0 saturated heterocycles. The Morgan fingerprint density at radius 3 is 2.40 bits per heavy atom. The van der Waals surface area contributed by atoms with Gasteiger partial charge in [-0.15, -0.1) is 11.3 Å². The quantitative estimate of drug-likeness (QED) is 0.736. The van der Waals surface area contributed by atoms with Gasteiger partial charge in [0.25, 0.3) is 0 Å². The standard InChI is InChI=1S/C14H26N2O2S2/c1-5-12(6-2)11(4)16-20(17,18)14-9-8-13(19-14)10-15-7-3/h8-9,11-12,15-16H,5-7,10H2,1-4H3. The third-order valence-electron chi connectivity index (χ3n) is 3.55. The maximum absolute atomic E-state index is 12.3. The number of nitrogens with one attached hydrogen (secondary N) is 2. The molecule has 1 heterocycles. The van der Waals surface area contributed by atoms with E-state index in [9.17, 15) is 8.42 Å². The largest absolute Gasteiger partial charge is 0.312 e. The summed E-state index contributed by atoms with van der Waals surface area (Å²) in [6.45, 7) is 9.77. The molecular formula is C14H26N2O2S2. The minimum absolute atomic E-state index is 0.0330. The van der Waals surface area contributed by atoms with Gasteiger partial charge in [-0.2, -0.15) is 0 Å². The summed E-state index contributed by atoms with van der Waals surface area (Å²) in [5, 5.41) is 3.20. The van der Waals surface area contributed by atoms with Gasteiger partial charge < -0.3 is 5.32 Å². The average molecular weight is 319 g/mol. The normalized spacial score (nSPS) is 13.8. The SMILES string of the molecule is CCNCc1ccc(S(=O)(=O)NC(C)C(CC)CC)s1. The van der Waals surface area contributed by atoms with Gasteiger partial charge in [0.1, 0.15) is 4.21 Å². The zero-order chi connectivity index (χ0) is 15.2. The molecule has 0 fully saturated rings. The van der Waals surface area contributed by atoms with Crippen LogP contribution >= 0.6 is 11.3 Å². The summed E-state index contributed by atoms with van der Waals surface area (Å²) in [4.78, 5) is 1.04. The first-order valence-corrected chi connectivity index (χ1v) is 9.56. The van der Waals surface area contributed by atoms with Gasteiger partial charge in [-0.25, -0.2) is 13.1 Å². The minimum atomic E-state index is -3.39. The Morgan fingerprint density at radius 1 is 1.20 bits per heavy atom. The lowest BCUT2D eigenvalue weighted by Gasteiger charge is -2.21. The highest BCUT2D eigenvalue weighted by Gasteiger charge is 2.23. The van der Waals surface area contributed by atoms with E-state index >= 15 is 0 Å². The van der Waals surface area contributed by atoms with Crippen molar-refractivity contribution < 1.29 is 8.42 Å². The predicted octanol–water partition coefficient (Wildman–Crippen LogP) is 2.96. The van der Waals surface area contributed by atoms with E-state index in [1.165, 1.54) is 11.3 Å². The first kappa shape index (κ1) is 17.6. The van der Waals surface area contributed by atoms with Crippen molar-refractivity contribution in [3.63, 3.8) is 0 Å². The number of hydrogen-bond acceptors (Lipinski definition) is 4. The summed E-state index contributed by atoms with van der Waals surface area (Å²) in [7, 11) is -3.39. The molecule has 0 aliphatic heterocycles. The monoisotopic (exact) mass is 318 g/mol. The summed E-state index contributed by atoms with van der Waals surface area (Å²) >= 11 is 1.34. The number of rotatable bonds is 9. The minimum Gasteiger partial charge on any atom is -0.312 e. The molecule has 1 rings (SSSR count). The van der Waals surface area contributed by atoms with Gasteiger partial charge in [0.05, 0.1) is 0 Å². The van der Waals surface area contributed by atoms with Crippen LogP contribution in [0.25, 0.3) is 0 Å². The second-order valence-electron chi connectivity index (χ2n) is 4.99. The molecule has 0 amide bonds. The Balaban J connectivity index is 2.75. The molecule has 4 nitrogen and oxygen atoms in total. The van der Waals surface area contributed by atoms with Gasteiger partial charge in [-0.05, 0) is 31.5 Å². The van der Waals surface area contributed by atoms with Crippen molar-refractivity contribution in [1.29, 1.82) is 0 Å². The highest BCUT2D eigenvalue weighted by atomic mass is 32.2. The van der Waals surface area contributed by atoms with Crippen molar-refractivity contribution >= 4 is 21.4 Å². The van der Waals surface area contributed by atoms with Crippen molar-refractivity contribution in [2.45, 2.75) is 57.3 Å². The maximum atomic E-state index is 12.3. The Labute approximate surface area is 127 Å². The van der Waals surface area contributed by atoms with E-state index in [2.05, 4.69) is 23.9 Å². The molecule has 0 aromatic carbocycles. The highest BCUT2D eigenvalue weighted by molar-refractivity contribution is 7.91. The fraction of sp³-hybridized carbons (Fsp3) is 0.714. The van der Waals surface area contributed by atoms with Crippen LogP contribution < -0.4 is 10.0 Å². The molecule has 1 atom stereocenters. The smallest absolute Gasteiger partial charge is 0.250 e. The van der Waals surface area contributed by atoms with Crippen LogP contribution in [0.4, 0.5) is 0 Å². The van der Waals surface area contributed by atoms with Crippen LogP contribution in [0.1, 0.15) is 45.4 Å². The Kier molecular flexibility index (Phi) is 7.15. The fourth-order valence-electron chi connectivity index (χ4n) is 2.24. The molecule has 6 heteroatoms. The third kappa shape index (κ3) is 4.84. The Morgan fingerprint density at radius 2 is 1.85 bits per heavy atom. The first-order valence-electron chi connectivity index (χ1n) is 7.26. The maximum Gasteiger partial charge on any atom is 0.250 e. The summed E-state index contributed by atoms with van der Waals surface area (Å²) in [6.07, 6.45) is 1.96. The third-order valence-corrected chi connectivity index (χ3v) is 6.68. The lowest BCUT2D eigenvalue weighted by molar-refractivity contribution is 0.391. The first-order chi connectivity index (χ1) is 9.44. The molecule has 0 aliphatic carbocycles. The van der Waals surface area contributed by atoms with Gasteiger partial charge in [-0.1, -0.05) is 33.6 Å². The second kappa shape index (κ2) is 8.12. The lowest BCUT2D eigenvalue weighted by Crippen LogP contribution is -2.37. The molecule has 0 saturated carbocycles. The molecule has 0 spiro atoms. The Hall–Kier alpha value is -0.430. The zero-order valence-electron chi connectivity index (χ0n) is 12.8. The molecule has 20 heavy (non-hydrogen) atoms. The molecule has 1 unspecified atom stereocenters. The van der Waals surface area contributed by atoms with Crippen LogP contribution in [0, 0.1) is 5.92 Å². The molecule has 0 aliphatic rings. The van der Waals surface area contributed by atoms with Crippen molar-refractivity contribution in [3.05, 3.63) is 17.0 Å². The number of thiophene rings is 1. The van der Waals surface area contributed by atoms with Crippen LogP contribution in [-0.4, -0.2) is 21.0 Å². The van der Waals surface area contributed by atoms with Crippen molar-refractivity contribution in [1.82, 2.24) is 10.0 Å². The fourth-order valence-corrected chi connectivity index (χ4v) is 4.90. The number of hydrogen-bond donors (Lipinski definition) is 2. The summed E-state index contributed by atoms with van der Waals surface area (Å²) in [5.41, 5.74) is 0. The lowest BCUT2D eigenvalue weighted by atomic mass is 9.96. The molecule has 0 radical (unpaired) electrons. The highest BCUT2D eigenvalue weighted by Crippen LogP contribution is 2.23. The molecule has 0 bridgehead atoms. The van der Waals surface area contributed by atoms with Gasteiger partial charge in [0.15, 0.2) is 0 Å². The molecule has 116 valence electrons. The van der Waals surface area contributed by atoms with E-state index in [1.807, 2.05) is 19.9 Å². The van der Waals surface area contributed by atoms with Gasteiger partial charge >= 0.3 is 0 Å². The van der Waals surface area contributed by atoms with E-state index in [-0.39, 0.29) is 6.04 Å². The number of sulfonamides is 1. The van der Waals surface area contributed by atoms with Gasteiger partial charge in [0.2, 0.25) is 10.0 Å². The summed E-state index contributed by atoms with van der Waals surface area (Å²) < 4.78 is 27.9. The van der Waals surface area contributed by atoms with Crippen molar-refractivity contribution in [2.75, 3.05) is 6.54 Å². The average Bonchev–Trinajstić information content (AvgIpc) is 2.86. The predicted molar refractivity (Wildman–Crippen MR) is 85.6 cm³/mol. The molecule has 1 aromatic rings. The topological polar surface area (TPSA) is 58.2 Å². The zero-order valence-corrected chi connectivity index (χ0v) is 14.4. The van der Waals surface area contributed by atoms with E-state index in [4.69, 9.17) is 0 Å². The Bertz CT molecular complexity index is 493. The van der Waals surface area contributed by atoms with E-state index in [0.29, 0.717) is 10.1 Å². The van der Waals surface area contributed by atoms with E-state index in [1.54, 1.807) is 6.07 Å². The van der Waals surface area contributed by atoms with Crippen LogP contribution in [-0.2, 0) is 16.6 Å². The second-order valence-corrected chi connectivity index (χ2v) is 8.10. The van der Waals surface area contributed by atoms with Crippen molar-refractivity contribution in [3.8, 4) is 0 Å². The molecule has 2 N–H and O–H groups in total. The van der Waals surface area contributed by atoms with Crippen LogP contribution in [0.15, 0.2) is 16.3 Å². The summed E-state index contributed by atoms with van der Waals surface area (Å²) in [5.74, 6) is 0.381. The van der Waals surface area contributed by atoms with E-state index in [0.717, 1.165) is 30.8 Å². The van der Waals surface area contributed by atoms with E-state index < -0.39 is 10.0 Å². The van der Waals surface area contributed by atoms with Crippen molar-refractivity contribution in [2.24, 2.45) is 5.92 Å². The van der Waals surface area contributed by atoms with Crippen LogP contribution in [0.5, 0.6) is 0 Å². The molecular weight excluding hydrogens is 292 g/mol. The van der Waals surface area contributed by atoms with Gasteiger partial charge in [0, 0.05) is 17.5 Å². The van der Waals surface area contributed by atoms with Crippen LogP contribution in [0.3, 0.4) is 0 Å².